The molecule has 0 atom stereocenters. The molecule has 0 spiro atoms. The molecule has 1 heterocycles. The number of aromatic nitrogens is 2. The van der Waals surface area contributed by atoms with Gasteiger partial charge in [0.1, 0.15) is 6.29 Å². The van der Waals surface area contributed by atoms with Crippen molar-refractivity contribution in [2.75, 3.05) is 0 Å². The minimum atomic E-state index is 0.706. The van der Waals surface area contributed by atoms with E-state index in [2.05, 4.69) is 5.10 Å². The minimum Gasteiger partial charge on any atom is -0.298 e. The van der Waals surface area contributed by atoms with Gasteiger partial charge in [0, 0.05) is 18.0 Å². The lowest BCUT2D eigenvalue weighted by molar-refractivity contribution is 0.112. The number of rotatable bonds is 1. The zero-order valence-corrected chi connectivity index (χ0v) is 7.61. The van der Waals surface area contributed by atoms with E-state index in [9.17, 15) is 4.79 Å². The molecule has 3 heteroatoms. The van der Waals surface area contributed by atoms with Crippen LogP contribution in [-0.4, -0.2) is 16.1 Å². The molecule has 0 aliphatic rings. The molecule has 0 amide bonds. The third kappa shape index (κ3) is 1.13. The van der Waals surface area contributed by atoms with Gasteiger partial charge in [-0.15, -0.1) is 0 Å². The lowest BCUT2D eigenvalue weighted by Crippen LogP contribution is -1.92. The van der Waals surface area contributed by atoms with Crippen molar-refractivity contribution in [2.24, 2.45) is 7.05 Å². The number of hydrogen-bond acceptors (Lipinski definition) is 2. The van der Waals surface area contributed by atoms with Gasteiger partial charge >= 0.3 is 0 Å². The maximum atomic E-state index is 10.6. The van der Waals surface area contributed by atoms with Crippen LogP contribution < -0.4 is 0 Å². The van der Waals surface area contributed by atoms with Gasteiger partial charge in [-0.3, -0.25) is 9.48 Å². The van der Waals surface area contributed by atoms with E-state index >= 15 is 0 Å². The van der Waals surface area contributed by atoms with Crippen molar-refractivity contribution < 1.29 is 4.79 Å². The van der Waals surface area contributed by atoms with Crippen LogP contribution in [0.1, 0.15) is 15.9 Å². The fraction of sp³-hybridized carbons (Fsp3) is 0.200. The highest BCUT2D eigenvalue weighted by Crippen LogP contribution is 2.18. The highest BCUT2D eigenvalue weighted by Gasteiger charge is 2.04. The Morgan fingerprint density at radius 2 is 2.23 bits per heavy atom. The van der Waals surface area contributed by atoms with Crippen molar-refractivity contribution in [1.29, 1.82) is 0 Å². The van der Waals surface area contributed by atoms with Crippen molar-refractivity contribution in [3.05, 3.63) is 29.5 Å². The first kappa shape index (κ1) is 7.98. The van der Waals surface area contributed by atoms with Crippen LogP contribution in [0.5, 0.6) is 0 Å². The van der Waals surface area contributed by atoms with Gasteiger partial charge in [-0.2, -0.15) is 5.10 Å². The van der Waals surface area contributed by atoms with Gasteiger partial charge in [0.25, 0.3) is 0 Å². The number of aryl methyl sites for hydroxylation is 2. The highest BCUT2D eigenvalue weighted by molar-refractivity contribution is 5.89. The molecule has 0 N–H and O–H groups in total. The van der Waals surface area contributed by atoms with Crippen molar-refractivity contribution >= 4 is 17.2 Å². The van der Waals surface area contributed by atoms with Gasteiger partial charge in [0.2, 0.25) is 0 Å². The standard InChI is InChI=1S/C10H10N2O/c1-7-3-8(6-13)4-9-5-11-12(2)10(7)9/h3-6H,1-2H3. The summed E-state index contributed by atoms with van der Waals surface area (Å²) in [6, 6.07) is 3.72. The van der Waals surface area contributed by atoms with Crippen LogP contribution in [0.4, 0.5) is 0 Å². The average molecular weight is 174 g/mol. The van der Waals surface area contributed by atoms with Gasteiger partial charge < -0.3 is 0 Å². The fourth-order valence-corrected chi connectivity index (χ4v) is 1.65. The quantitative estimate of drug-likeness (QED) is 0.617. The predicted octanol–water partition coefficient (Wildman–Crippen LogP) is 1.69. The Morgan fingerprint density at radius 1 is 1.46 bits per heavy atom. The first-order valence-corrected chi connectivity index (χ1v) is 4.10. The molecule has 0 unspecified atom stereocenters. The van der Waals surface area contributed by atoms with Gasteiger partial charge in [-0.05, 0) is 24.6 Å². The number of benzene rings is 1. The summed E-state index contributed by atoms with van der Waals surface area (Å²) in [5.41, 5.74) is 2.88. The largest absolute Gasteiger partial charge is 0.298 e. The molecule has 0 aliphatic carbocycles. The summed E-state index contributed by atoms with van der Waals surface area (Å²) in [6.07, 6.45) is 2.63. The van der Waals surface area contributed by atoms with Crippen molar-refractivity contribution in [3.8, 4) is 0 Å². The monoisotopic (exact) mass is 174 g/mol. The van der Waals surface area contributed by atoms with Crippen LogP contribution in [0.2, 0.25) is 0 Å². The summed E-state index contributed by atoms with van der Waals surface area (Å²) in [5, 5.41) is 5.15. The number of carbonyl (C=O) groups is 1. The Balaban J connectivity index is 2.86. The molecule has 0 aliphatic heterocycles. The number of fused-ring (bicyclic) bond motifs is 1. The van der Waals surface area contributed by atoms with E-state index < -0.39 is 0 Å². The average Bonchev–Trinajstić information content (AvgIpc) is 2.48. The lowest BCUT2D eigenvalue weighted by atomic mass is 10.1. The molecule has 0 bridgehead atoms. The summed E-state index contributed by atoms with van der Waals surface area (Å²) in [5.74, 6) is 0. The zero-order valence-electron chi connectivity index (χ0n) is 7.61. The smallest absolute Gasteiger partial charge is 0.150 e. The predicted molar refractivity (Wildman–Crippen MR) is 50.8 cm³/mol. The SMILES string of the molecule is Cc1cc(C=O)cc2cnn(C)c12. The maximum absolute atomic E-state index is 10.6. The van der Waals surface area contributed by atoms with E-state index in [0.29, 0.717) is 5.56 Å². The first-order valence-electron chi connectivity index (χ1n) is 4.10. The molecule has 3 nitrogen and oxygen atoms in total. The Kier molecular flexibility index (Phi) is 1.65. The van der Waals surface area contributed by atoms with E-state index in [0.717, 1.165) is 22.8 Å². The Bertz CT molecular complexity index is 471. The third-order valence-electron chi connectivity index (χ3n) is 2.18. The molecule has 2 aromatic rings. The van der Waals surface area contributed by atoms with Crippen LogP contribution in [0.3, 0.4) is 0 Å². The third-order valence-corrected chi connectivity index (χ3v) is 2.18. The van der Waals surface area contributed by atoms with E-state index in [1.54, 1.807) is 6.20 Å². The number of aldehydes is 1. The van der Waals surface area contributed by atoms with Gasteiger partial charge in [0.05, 0.1) is 11.7 Å². The van der Waals surface area contributed by atoms with E-state index in [4.69, 9.17) is 0 Å². The first-order chi connectivity index (χ1) is 6.22. The second-order valence-corrected chi connectivity index (χ2v) is 3.16. The van der Waals surface area contributed by atoms with Crippen molar-refractivity contribution in [1.82, 2.24) is 9.78 Å². The van der Waals surface area contributed by atoms with Crippen LogP contribution in [0.25, 0.3) is 10.9 Å². The minimum absolute atomic E-state index is 0.706. The molecule has 66 valence electrons. The number of carbonyl (C=O) groups excluding carboxylic acids is 1. The Hall–Kier alpha value is -1.64. The van der Waals surface area contributed by atoms with Gasteiger partial charge in [0.15, 0.2) is 0 Å². The summed E-state index contributed by atoms with van der Waals surface area (Å²) in [6.45, 7) is 1.98. The zero-order chi connectivity index (χ0) is 9.42. The molecule has 0 saturated heterocycles. The summed E-state index contributed by atoms with van der Waals surface area (Å²) in [7, 11) is 1.90. The molecule has 1 aromatic heterocycles. The van der Waals surface area contributed by atoms with Crippen molar-refractivity contribution in [3.63, 3.8) is 0 Å². The Labute approximate surface area is 76.0 Å². The molecule has 0 fully saturated rings. The topological polar surface area (TPSA) is 34.9 Å². The Morgan fingerprint density at radius 3 is 2.92 bits per heavy atom. The molecule has 0 radical (unpaired) electrons. The summed E-state index contributed by atoms with van der Waals surface area (Å²) in [4.78, 5) is 10.6. The van der Waals surface area contributed by atoms with Gasteiger partial charge in [-0.1, -0.05) is 0 Å². The molecular formula is C10H10N2O. The van der Waals surface area contributed by atoms with Gasteiger partial charge in [-0.25, -0.2) is 0 Å². The van der Waals surface area contributed by atoms with Crippen LogP contribution in [-0.2, 0) is 7.05 Å². The van der Waals surface area contributed by atoms with Crippen LogP contribution >= 0.6 is 0 Å². The summed E-state index contributed by atoms with van der Waals surface area (Å²) < 4.78 is 1.82. The second-order valence-electron chi connectivity index (χ2n) is 3.16. The number of nitrogens with zero attached hydrogens (tertiary/aromatic N) is 2. The molecule has 13 heavy (non-hydrogen) atoms. The van der Waals surface area contributed by atoms with Crippen LogP contribution in [0.15, 0.2) is 18.3 Å². The maximum Gasteiger partial charge on any atom is 0.150 e. The van der Waals surface area contributed by atoms with E-state index in [-0.39, 0.29) is 0 Å². The van der Waals surface area contributed by atoms with E-state index in [1.165, 1.54) is 0 Å². The van der Waals surface area contributed by atoms with Crippen molar-refractivity contribution in [2.45, 2.75) is 6.92 Å². The fourth-order valence-electron chi connectivity index (χ4n) is 1.65. The molecular weight excluding hydrogens is 164 g/mol. The van der Waals surface area contributed by atoms with Crippen LogP contribution in [0, 0.1) is 6.92 Å². The number of hydrogen-bond donors (Lipinski definition) is 0. The second kappa shape index (κ2) is 2.69. The normalized spacial score (nSPS) is 10.6. The van der Waals surface area contributed by atoms with E-state index in [1.807, 2.05) is 30.8 Å². The molecule has 2 rings (SSSR count). The molecule has 1 aromatic carbocycles. The lowest BCUT2D eigenvalue weighted by Gasteiger charge is -1.99. The molecule has 0 saturated carbocycles. The summed E-state index contributed by atoms with van der Waals surface area (Å²) >= 11 is 0. The highest BCUT2D eigenvalue weighted by atomic mass is 16.1.